The number of nitrogens with two attached hydrogens (primary N) is 1. The quantitative estimate of drug-likeness (QED) is 0.381. The number of hydrogen-bond acceptors (Lipinski definition) is 5. The molecule has 6 nitrogen and oxygen atoms in total. The van der Waals surface area contributed by atoms with Crippen molar-refractivity contribution in [3.05, 3.63) is 68.8 Å². The highest BCUT2D eigenvalue weighted by Gasteiger charge is 2.20. The number of rotatable bonds is 5. The molecule has 32 heavy (non-hydrogen) atoms. The molecule has 0 bridgehead atoms. The Labute approximate surface area is 191 Å². The molecular formula is C26H36N2O4. The zero-order valence-corrected chi connectivity index (χ0v) is 19.3. The predicted octanol–water partition coefficient (Wildman–Crippen LogP) is 5.42. The van der Waals surface area contributed by atoms with Gasteiger partial charge in [0.25, 0.3) is 5.69 Å². The summed E-state index contributed by atoms with van der Waals surface area (Å²) in [5.74, 6) is 1.27. The first-order valence-corrected chi connectivity index (χ1v) is 11.7. The second kappa shape index (κ2) is 12.0. The minimum Gasteiger partial charge on any atom is -0.398 e. The molecule has 0 radical (unpaired) electrons. The first-order chi connectivity index (χ1) is 15.4. The topological polar surface area (TPSA) is 87.6 Å². The smallest absolute Gasteiger partial charge is 0.272 e. The van der Waals surface area contributed by atoms with E-state index in [1.807, 2.05) is 19.1 Å². The monoisotopic (exact) mass is 440 g/mol. The molecule has 0 unspecified atom stereocenters. The standard InChI is InChI=1S/C13H17NO3.C13H19NO/c1-10-2-3-12(13(8-10)14(15)16)9-11-4-6-17-7-5-11;1-10-2-3-12(13(14)8-10)9-11-4-6-15-7-5-11/h2-3,8,11H,4-7,9H2,1H3;2-3,8,11H,4-7,9,14H2,1H3. The highest BCUT2D eigenvalue weighted by Crippen LogP contribution is 2.27. The molecular weight excluding hydrogens is 404 g/mol. The van der Waals surface area contributed by atoms with Gasteiger partial charge in [0, 0.05) is 43.7 Å². The van der Waals surface area contributed by atoms with Crippen LogP contribution >= 0.6 is 0 Å². The fourth-order valence-electron chi connectivity index (χ4n) is 4.44. The van der Waals surface area contributed by atoms with Crippen molar-refractivity contribution in [3.8, 4) is 0 Å². The van der Waals surface area contributed by atoms with Gasteiger partial charge in [-0.15, -0.1) is 0 Å². The molecule has 2 saturated heterocycles. The average Bonchev–Trinajstić information content (AvgIpc) is 2.79. The highest BCUT2D eigenvalue weighted by molar-refractivity contribution is 5.49. The molecule has 2 N–H and O–H groups in total. The van der Waals surface area contributed by atoms with Crippen molar-refractivity contribution in [1.82, 2.24) is 0 Å². The number of nitro benzene ring substituents is 1. The zero-order valence-electron chi connectivity index (χ0n) is 19.3. The van der Waals surface area contributed by atoms with E-state index < -0.39 is 0 Å². The zero-order chi connectivity index (χ0) is 22.9. The summed E-state index contributed by atoms with van der Waals surface area (Å²) in [6, 6.07) is 11.9. The SMILES string of the molecule is Cc1ccc(CC2CCOCC2)c(N)c1.Cc1ccc(CC2CCOCC2)c([N+](=O)[O-])c1. The Hall–Kier alpha value is -2.44. The van der Waals surface area contributed by atoms with Crippen LogP contribution in [0, 0.1) is 35.8 Å². The van der Waals surface area contributed by atoms with E-state index in [1.165, 1.54) is 24.0 Å². The van der Waals surface area contributed by atoms with Gasteiger partial charge in [0.05, 0.1) is 4.92 Å². The summed E-state index contributed by atoms with van der Waals surface area (Å²) in [5, 5.41) is 11.0. The Morgan fingerprint density at radius 2 is 1.31 bits per heavy atom. The van der Waals surface area contributed by atoms with Gasteiger partial charge in [0.1, 0.15) is 0 Å². The molecule has 2 aromatic rings. The van der Waals surface area contributed by atoms with Crippen LogP contribution in [-0.4, -0.2) is 31.4 Å². The molecule has 0 aliphatic carbocycles. The second-order valence-corrected chi connectivity index (χ2v) is 9.11. The van der Waals surface area contributed by atoms with Gasteiger partial charge in [-0.1, -0.05) is 24.3 Å². The van der Waals surface area contributed by atoms with Crippen molar-refractivity contribution in [3.63, 3.8) is 0 Å². The number of anilines is 1. The maximum atomic E-state index is 11.0. The summed E-state index contributed by atoms with van der Waals surface area (Å²) in [7, 11) is 0. The molecule has 4 rings (SSSR count). The second-order valence-electron chi connectivity index (χ2n) is 9.11. The molecule has 0 spiro atoms. The summed E-state index contributed by atoms with van der Waals surface area (Å²) < 4.78 is 10.7. The van der Waals surface area contributed by atoms with Gasteiger partial charge >= 0.3 is 0 Å². The number of nitrogen functional groups attached to an aromatic ring is 1. The van der Waals surface area contributed by atoms with Crippen molar-refractivity contribution < 1.29 is 14.4 Å². The Bertz CT molecular complexity index is 887. The lowest BCUT2D eigenvalue weighted by atomic mass is 9.91. The highest BCUT2D eigenvalue weighted by atomic mass is 16.6. The van der Waals surface area contributed by atoms with Crippen LogP contribution in [0.25, 0.3) is 0 Å². The van der Waals surface area contributed by atoms with E-state index in [-0.39, 0.29) is 10.6 Å². The lowest BCUT2D eigenvalue weighted by Gasteiger charge is -2.22. The minimum absolute atomic E-state index is 0.261. The maximum Gasteiger partial charge on any atom is 0.272 e. The van der Waals surface area contributed by atoms with Crippen molar-refractivity contribution in [2.45, 2.75) is 52.4 Å². The number of hydrogen-bond donors (Lipinski definition) is 1. The molecule has 174 valence electrons. The minimum atomic E-state index is -0.276. The van der Waals surface area contributed by atoms with Crippen molar-refractivity contribution >= 4 is 11.4 Å². The molecule has 6 heteroatoms. The first-order valence-electron chi connectivity index (χ1n) is 11.7. The summed E-state index contributed by atoms with van der Waals surface area (Å²) in [6.07, 6.45) is 6.26. The predicted molar refractivity (Wildman–Crippen MR) is 128 cm³/mol. The summed E-state index contributed by atoms with van der Waals surface area (Å²) in [6.45, 7) is 7.35. The lowest BCUT2D eigenvalue weighted by molar-refractivity contribution is -0.385. The molecule has 0 amide bonds. The molecule has 0 atom stereocenters. The number of nitrogens with zero attached hydrogens (tertiary/aromatic N) is 1. The van der Waals surface area contributed by atoms with Gasteiger partial charge in [-0.3, -0.25) is 10.1 Å². The van der Waals surface area contributed by atoms with E-state index in [1.54, 1.807) is 6.07 Å². The van der Waals surface area contributed by atoms with Gasteiger partial charge in [0.2, 0.25) is 0 Å². The molecule has 2 aromatic carbocycles. The van der Waals surface area contributed by atoms with Gasteiger partial charge < -0.3 is 15.2 Å². The van der Waals surface area contributed by atoms with E-state index in [2.05, 4.69) is 25.1 Å². The van der Waals surface area contributed by atoms with Gasteiger partial charge in [-0.25, -0.2) is 0 Å². The van der Waals surface area contributed by atoms with E-state index in [0.29, 0.717) is 5.92 Å². The Kier molecular flexibility index (Phi) is 9.06. The van der Waals surface area contributed by atoms with Crippen LogP contribution in [0.3, 0.4) is 0 Å². The Morgan fingerprint density at radius 3 is 1.81 bits per heavy atom. The maximum absolute atomic E-state index is 11.0. The fourth-order valence-corrected chi connectivity index (χ4v) is 4.44. The van der Waals surface area contributed by atoms with Crippen LogP contribution in [0.1, 0.15) is 47.9 Å². The van der Waals surface area contributed by atoms with Crippen LogP contribution in [0.2, 0.25) is 0 Å². The third-order valence-electron chi connectivity index (χ3n) is 6.44. The van der Waals surface area contributed by atoms with Crippen LogP contribution in [0.4, 0.5) is 11.4 Å². The third-order valence-corrected chi connectivity index (χ3v) is 6.44. The first kappa shape index (κ1) is 24.2. The van der Waals surface area contributed by atoms with Gasteiger partial charge in [-0.05, 0) is 87.0 Å². The molecule has 2 fully saturated rings. The van der Waals surface area contributed by atoms with Crippen LogP contribution in [0.15, 0.2) is 36.4 Å². The van der Waals surface area contributed by atoms with Crippen LogP contribution < -0.4 is 5.73 Å². The molecule has 0 aromatic heterocycles. The van der Waals surface area contributed by atoms with Crippen LogP contribution in [-0.2, 0) is 22.3 Å². The van der Waals surface area contributed by atoms with Crippen molar-refractivity contribution in [2.24, 2.45) is 11.8 Å². The molecule has 2 aliphatic rings. The van der Waals surface area contributed by atoms with Crippen molar-refractivity contribution in [2.75, 3.05) is 32.2 Å². The Morgan fingerprint density at radius 1 is 0.844 bits per heavy atom. The van der Waals surface area contributed by atoms with Crippen molar-refractivity contribution in [1.29, 1.82) is 0 Å². The van der Waals surface area contributed by atoms with Gasteiger partial charge in [-0.2, -0.15) is 0 Å². The fraction of sp³-hybridized carbons (Fsp3) is 0.538. The van der Waals surface area contributed by atoms with E-state index in [4.69, 9.17) is 15.2 Å². The number of aryl methyl sites for hydroxylation is 2. The average molecular weight is 441 g/mol. The summed E-state index contributed by atoms with van der Waals surface area (Å²) >= 11 is 0. The largest absolute Gasteiger partial charge is 0.398 e. The van der Waals surface area contributed by atoms with Gasteiger partial charge in [0.15, 0.2) is 0 Å². The van der Waals surface area contributed by atoms with E-state index in [9.17, 15) is 10.1 Å². The number of ether oxygens (including phenoxy) is 2. The lowest BCUT2D eigenvalue weighted by Crippen LogP contribution is -2.18. The number of nitro groups is 1. The third kappa shape index (κ3) is 7.31. The molecule has 0 saturated carbocycles. The normalized spacial score (nSPS) is 17.4. The summed E-state index contributed by atoms with van der Waals surface area (Å²) in [5.41, 5.74) is 11.5. The Balaban J connectivity index is 0.000000182. The molecule has 2 heterocycles. The number of benzene rings is 2. The van der Waals surface area contributed by atoms with E-state index >= 15 is 0 Å². The summed E-state index contributed by atoms with van der Waals surface area (Å²) in [4.78, 5) is 10.7. The molecule has 2 aliphatic heterocycles. The van der Waals surface area contributed by atoms with Crippen LogP contribution in [0.5, 0.6) is 0 Å². The van der Waals surface area contributed by atoms with E-state index in [0.717, 1.165) is 74.8 Å².